The molecule has 5 heteroatoms. The zero-order valence-electron chi connectivity index (χ0n) is 7.49. The number of morpholine rings is 1. The van der Waals surface area contributed by atoms with Crippen molar-refractivity contribution in [2.75, 3.05) is 32.0 Å². The summed E-state index contributed by atoms with van der Waals surface area (Å²) in [5.74, 6) is 0.489. The van der Waals surface area contributed by atoms with E-state index in [0.29, 0.717) is 5.95 Å². The highest BCUT2D eigenvalue weighted by Crippen LogP contribution is 2.05. The summed E-state index contributed by atoms with van der Waals surface area (Å²) < 4.78 is 5.25. The Morgan fingerprint density at radius 2 is 2.31 bits per heavy atom. The molecule has 13 heavy (non-hydrogen) atoms. The molecule has 72 valence electrons. The second-order valence-electron chi connectivity index (χ2n) is 3.17. The number of ether oxygens (including phenoxy) is 1. The lowest BCUT2D eigenvalue weighted by Gasteiger charge is -2.25. The lowest BCUT2D eigenvalue weighted by molar-refractivity contribution is 0.0337. The molecule has 1 aromatic heterocycles. The van der Waals surface area contributed by atoms with Crippen molar-refractivity contribution < 1.29 is 4.74 Å². The predicted octanol–water partition coefficient (Wildman–Crippen LogP) is -0.176. The van der Waals surface area contributed by atoms with Crippen LogP contribution in [0.3, 0.4) is 0 Å². The van der Waals surface area contributed by atoms with Gasteiger partial charge in [0, 0.05) is 25.8 Å². The van der Waals surface area contributed by atoms with Crippen LogP contribution >= 0.6 is 0 Å². The highest BCUT2D eigenvalue weighted by Gasteiger charge is 2.11. The summed E-state index contributed by atoms with van der Waals surface area (Å²) in [6, 6.07) is 0. The topological polar surface area (TPSA) is 67.2 Å². The molecule has 0 aromatic carbocycles. The van der Waals surface area contributed by atoms with Crippen molar-refractivity contribution in [1.29, 1.82) is 0 Å². The lowest BCUT2D eigenvalue weighted by atomic mass is 10.3. The molecule has 0 unspecified atom stereocenters. The van der Waals surface area contributed by atoms with Gasteiger partial charge in [-0.25, -0.2) is 4.98 Å². The Morgan fingerprint density at radius 3 is 2.92 bits per heavy atom. The van der Waals surface area contributed by atoms with Crippen LogP contribution < -0.4 is 5.73 Å². The quantitative estimate of drug-likeness (QED) is 0.666. The fourth-order valence-electron chi connectivity index (χ4n) is 1.45. The molecule has 0 saturated carbocycles. The molecular weight excluding hydrogens is 168 g/mol. The summed E-state index contributed by atoms with van der Waals surface area (Å²) in [5.41, 5.74) is 6.47. The third-order valence-electron chi connectivity index (χ3n) is 2.14. The SMILES string of the molecule is Nc1nc(CN2CCOCC2)c[nH]1. The summed E-state index contributed by atoms with van der Waals surface area (Å²) in [4.78, 5) is 9.32. The van der Waals surface area contributed by atoms with E-state index in [2.05, 4.69) is 14.9 Å². The minimum Gasteiger partial charge on any atom is -0.379 e. The number of aromatic amines is 1. The van der Waals surface area contributed by atoms with Crippen molar-refractivity contribution >= 4 is 5.95 Å². The van der Waals surface area contributed by atoms with Crippen LogP contribution in [0.25, 0.3) is 0 Å². The number of rotatable bonds is 2. The van der Waals surface area contributed by atoms with Crippen molar-refractivity contribution in [3.8, 4) is 0 Å². The van der Waals surface area contributed by atoms with E-state index in [0.717, 1.165) is 38.5 Å². The smallest absolute Gasteiger partial charge is 0.197 e. The fraction of sp³-hybridized carbons (Fsp3) is 0.625. The van der Waals surface area contributed by atoms with E-state index >= 15 is 0 Å². The van der Waals surface area contributed by atoms with Crippen molar-refractivity contribution in [2.24, 2.45) is 0 Å². The molecule has 1 saturated heterocycles. The average Bonchev–Trinajstić information content (AvgIpc) is 2.53. The molecular formula is C8H14N4O. The molecule has 1 aromatic rings. The van der Waals surface area contributed by atoms with Crippen LogP contribution in [0, 0.1) is 0 Å². The molecule has 2 heterocycles. The number of hydrogen-bond donors (Lipinski definition) is 2. The first-order valence-electron chi connectivity index (χ1n) is 4.44. The first-order valence-corrected chi connectivity index (χ1v) is 4.44. The van der Waals surface area contributed by atoms with Crippen LogP contribution in [0.4, 0.5) is 5.95 Å². The molecule has 0 bridgehead atoms. The Hall–Kier alpha value is -1.07. The molecule has 0 atom stereocenters. The van der Waals surface area contributed by atoms with E-state index in [-0.39, 0.29) is 0 Å². The van der Waals surface area contributed by atoms with E-state index < -0.39 is 0 Å². The van der Waals surface area contributed by atoms with Crippen molar-refractivity contribution in [3.63, 3.8) is 0 Å². The van der Waals surface area contributed by atoms with Crippen molar-refractivity contribution in [2.45, 2.75) is 6.54 Å². The van der Waals surface area contributed by atoms with Crippen LogP contribution in [0.2, 0.25) is 0 Å². The Bertz CT molecular complexity index is 267. The summed E-state index contributed by atoms with van der Waals surface area (Å²) >= 11 is 0. The molecule has 2 rings (SSSR count). The summed E-state index contributed by atoms with van der Waals surface area (Å²) in [7, 11) is 0. The van der Waals surface area contributed by atoms with E-state index in [9.17, 15) is 0 Å². The van der Waals surface area contributed by atoms with Crippen molar-refractivity contribution in [3.05, 3.63) is 11.9 Å². The average molecular weight is 182 g/mol. The van der Waals surface area contributed by atoms with Gasteiger partial charge in [0.2, 0.25) is 0 Å². The Balaban J connectivity index is 1.89. The van der Waals surface area contributed by atoms with Gasteiger partial charge in [0.05, 0.1) is 18.9 Å². The normalized spacial score (nSPS) is 19.1. The molecule has 1 fully saturated rings. The Labute approximate surface area is 76.9 Å². The van der Waals surface area contributed by atoms with Gasteiger partial charge in [-0.15, -0.1) is 0 Å². The molecule has 0 spiro atoms. The molecule has 0 radical (unpaired) electrons. The zero-order valence-corrected chi connectivity index (χ0v) is 7.49. The standard InChI is InChI=1S/C8H14N4O/c9-8-10-5-7(11-8)6-12-1-3-13-4-2-12/h5H,1-4,6H2,(H3,9,10,11). The Morgan fingerprint density at radius 1 is 1.54 bits per heavy atom. The van der Waals surface area contributed by atoms with Crippen LogP contribution in [0.15, 0.2) is 6.20 Å². The van der Waals surface area contributed by atoms with Crippen LogP contribution in [-0.4, -0.2) is 41.2 Å². The van der Waals surface area contributed by atoms with E-state index in [1.54, 1.807) is 0 Å². The minimum absolute atomic E-state index is 0.489. The second-order valence-corrected chi connectivity index (χ2v) is 3.17. The van der Waals surface area contributed by atoms with E-state index in [1.807, 2.05) is 6.20 Å². The second kappa shape index (κ2) is 3.76. The maximum Gasteiger partial charge on any atom is 0.197 e. The van der Waals surface area contributed by atoms with Gasteiger partial charge in [-0.1, -0.05) is 0 Å². The highest BCUT2D eigenvalue weighted by atomic mass is 16.5. The maximum atomic E-state index is 5.47. The van der Waals surface area contributed by atoms with Crippen LogP contribution in [0.5, 0.6) is 0 Å². The number of nitrogens with one attached hydrogen (secondary N) is 1. The fourth-order valence-corrected chi connectivity index (χ4v) is 1.45. The van der Waals surface area contributed by atoms with E-state index in [4.69, 9.17) is 10.5 Å². The van der Waals surface area contributed by atoms with Crippen molar-refractivity contribution in [1.82, 2.24) is 14.9 Å². The number of hydrogen-bond acceptors (Lipinski definition) is 4. The number of nitrogens with two attached hydrogens (primary N) is 1. The third kappa shape index (κ3) is 2.19. The van der Waals surface area contributed by atoms with Gasteiger partial charge in [-0.2, -0.15) is 0 Å². The predicted molar refractivity (Wildman–Crippen MR) is 49.1 cm³/mol. The van der Waals surface area contributed by atoms with Gasteiger partial charge < -0.3 is 15.5 Å². The van der Waals surface area contributed by atoms with Gasteiger partial charge in [0.15, 0.2) is 5.95 Å². The molecule has 5 nitrogen and oxygen atoms in total. The molecule has 1 aliphatic rings. The molecule has 1 aliphatic heterocycles. The summed E-state index contributed by atoms with van der Waals surface area (Å²) in [6.07, 6.45) is 1.85. The van der Waals surface area contributed by atoms with Gasteiger partial charge in [-0.05, 0) is 0 Å². The van der Waals surface area contributed by atoms with Gasteiger partial charge in [-0.3, -0.25) is 4.90 Å². The minimum atomic E-state index is 0.489. The van der Waals surface area contributed by atoms with Crippen LogP contribution in [-0.2, 0) is 11.3 Å². The number of nitrogen functional groups attached to an aromatic ring is 1. The largest absolute Gasteiger partial charge is 0.379 e. The highest BCUT2D eigenvalue weighted by molar-refractivity contribution is 5.18. The summed E-state index contributed by atoms with van der Waals surface area (Å²) in [6.45, 7) is 4.45. The monoisotopic (exact) mass is 182 g/mol. The number of imidazole rings is 1. The van der Waals surface area contributed by atoms with Gasteiger partial charge >= 0.3 is 0 Å². The van der Waals surface area contributed by atoms with Gasteiger partial charge in [0.1, 0.15) is 0 Å². The first kappa shape index (κ1) is 8.52. The number of nitrogens with zero attached hydrogens (tertiary/aromatic N) is 2. The number of anilines is 1. The third-order valence-corrected chi connectivity index (χ3v) is 2.14. The lowest BCUT2D eigenvalue weighted by Crippen LogP contribution is -2.35. The number of H-pyrrole nitrogens is 1. The summed E-state index contributed by atoms with van der Waals surface area (Å²) in [5, 5.41) is 0. The molecule has 0 amide bonds. The molecule has 3 N–H and O–H groups in total. The Kier molecular flexibility index (Phi) is 2.47. The zero-order chi connectivity index (χ0) is 9.10. The number of aromatic nitrogens is 2. The van der Waals surface area contributed by atoms with Crippen LogP contribution in [0.1, 0.15) is 5.69 Å². The first-order chi connectivity index (χ1) is 6.34. The molecule has 0 aliphatic carbocycles. The van der Waals surface area contributed by atoms with Gasteiger partial charge in [0.25, 0.3) is 0 Å². The van der Waals surface area contributed by atoms with E-state index in [1.165, 1.54) is 0 Å². The maximum absolute atomic E-state index is 5.47.